The fraction of sp³-hybridized carbons (Fsp3) is 0.417. The lowest BCUT2D eigenvalue weighted by Gasteiger charge is -2.11. The maximum absolute atomic E-state index is 12.0. The Bertz CT molecular complexity index is 511. The molecule has 108 valence electrons. The fourth-order valence-electron chi connectivity index (χ4n) is 1.24. The highest BCUT2D eigenvalue weighted by Crippen LogP contribution is 2.17. The van der Waals surface area contributed by atoms with Crippen LogP contribution in [0.3, 0.4) is 0 Å². The molecule has 20 heavy (non-hydrogen) atoms. The molecule has 0 saturated carbocycles. The molecule has 1 heterocycles. The van der Waals surface area contributed by atoms with Gasteiger partial charge in [-0.2, -0.15) is 18.4 Å². The first-order chi connectivity index (χ1) is 9.35. The average Bonchev–Trinajstić information content (AvgIpc) is 2.42. The van der Waals surface area contributed by atoms with Crippen molar-refractivity contribution in [2.75, 3.05) is 6.61 Å². The van der Waals surface area contributed by atoms with Crippen LogP contribution < -0.4 is 10.1 Å². The molecule has 1 aromatic rings. The van der Waals surface area contributed by atoms with Gasteiger partial charge in [-0.25, -0.2) is 4.98 Å². The second-order valence-corrected chi connectivity index (χ2v) is 3.83. The molecule has 1 rings (SSSR count). The van der Waals surface area contributed by atoms with Gasteiger partial charge in [-0.15, -0.1) is 0 Å². The van der Waals surface area contributed by atoms with Crippen LogP contribution in [-0.2, 0) is 0 Å². The Kier molecular flexibility index (Phi) is 5.32. The number of aromatic nitrogens is 1. The summed E-state index contributed by atoms with van der Waals surface area (Å²) in [5, 5.41) is 11.1. The van der Waals surface area contributed by atoms with Gasteiger partial charge in [-0.05, 0) is 12.5 Å². The third-order valence-corrected chi connectivity index (χ3v) is 2.21. The molecule has 0 spiro atoms. The quantitative estimate of drug-likeness (QED) is 0.899. The highest BCUT2D eigenvalue weighted by atomic mass is 19.4. The van der Waals surface area contributed by atoms with Crippen molar-refractivity contribution in [1.82, 2.24) is 10.3 Å². The number of nitrogens with one attached hydrogen (secondary N) is 1. The van der Waals surface area contributed by atoms with Gasteiger partial charge in [0.25, 0.3) is 5.91 Å². The Balaban J connectivity index is 2.73. The van der Waals surface area contributed by atoms with Crippen LogP contribution in [0.1, 0.15) is 23.8 Å². The van der Waals surface area contributed by atoms with Gasteiger partial charge in [0.2, 0.25) is 5.88 Å². The molecule has 0 saturated heterocycles. The van der Waals surface area contributed by atoms with Crippen LogP contribution in [0.5, 0.6) is 5.88 Å². The predicted octanol–water partition coefficient (Wildman–Crippen LogP) is 2.05. The molecule has 8 heteroatoms. The topological polar surface area (TPSA) is 75.0 Å². The van der Waals surface area contributed by atoms with Crippen LogP contribution in [0.4, 0.5) is 13.2 Å². The van der Waals surface area contributed by atoms with Crippen molar-refractivity contribution in [2.24, 2.45) is 0 Å². The van der Waals surface area contributed by atoms with Gasteiger partial charge < -0.3 is 10.1 Å². The lowest BCUT2D eigenvalue weighted by molar-refractivity contribution is -0.154. The number of pyridine rings is 1. The summed E-state index contributed by atoms with van der Waals surface area (Å²) in [5.74, 6) is -0.948. The summed E-state index contributed by atoms with van der Waals surface area (Å²) in [4.78, 5) is 15.4. The maximum atomic E-state index is 12.0. The number of amides is 1. The van der Waals surface area contributed by atoms with Crippen molar-refractivity contribution in [3.8, 4) is 11.9 Å². The lowest BCUT2D eigenvalue weighted by atomic mass is 10.2. The maximum Gasteiger partial charge on any atom is 0.422 e. The molecule has 0 bridgehead atoms. The van der Waals surface area contributed by atoms with E-state index < -0.39 is 24.7 Å². The summed E-state index contributed by atoms with van der Waals surface area (Å²) < 4.78 is 40.4. The molecular weight excluding hydrogens is 275 g/mol. The molecule has 0 fully saturated rings. The first-order valence-corrected chi connectivity index (χ1v) is 5.72. The SMILES string of the molecule is CC[C@@H](C#N)NC(=O)c1cccc(OCC(F)(F)F)n1. The van der Waals surface area contributed by atoms with Gasteiger partial charge in [0.05, 0.1) is 6.07 Å². The van der Waals surface area contributed by atoms with E-state index in [1.165, 1.54) is 18.2 Å². The van der Waals surface area contributed by atoms with E-state index >= 15 is 0 Å². The third-order valence-electron chi connectivity index (χ3n) is 2.21. The van der Waals surface area contributed by atoms with Crippen molar-refractivity contribution in [2.45, 2.75) is 25.6 Å². The van der Waals surface area contributed by atoms with Crippen molar-refractivity contribution in [3.63, 3.8) is 0 Å². The summed E-state index contributed by atoms with van der Waals surface area (Å²) in [7, 11) is 0. The number of rotatable bonds is 5. The molecule has 0 radical (unpaired) electrons. The van der Waals surface area contributed by atoms with E-state index in [0.29, 0.717) is 6.42 Å². The van der Waals surface area contributed by atoms with E-state index in [1.54, 1.807) is 6.92 Å². The smallest absolute Gasteiger partial charge is 0.422 e. The molecule has 0 aliphatic rings. The number of hydrogen-bond donors (Lipinski definition) is 1. The van der Waals surface area contributed by atoms with Crippen molar-refractivity contribution in [3.05, 3.63) is 23.9 Å². The minimum Gasteiger partial charge on any atom is -0.468 e. The van der Waals surface area contributed by atoms with E-state index in [0.717, 1.165) is 0 Å². The molecule has 5 nitrogen and oxygen atoms in total. The van der Waals surface area contributed by atoms with Crippen molar-refractivity contribution < 1.29 is 22.7 Å². The van der Waals surface area contributed by atoms with Gasteiger partial charge in [-0.3, -0.25) is 4.79 Å². The third kappa shape index (κ3) is 5.14. The highest BCUT2D eigenvalue weighted by molar-refractivity contribution is 5.92. The summed E-state index contributed by atoms with van der Waals surface area (Å²) >= 11 is 0. The lowest BCUT2D eigenvalue weighted by Crippen LogP contribution is -2.33. The second kappa shape index (κ2) is 6.75. The number of nitriles is 1. The summed E-state index contributed by atoms with van der Waals surface area (Å²) in [5.41, 5.74) is -0.113. The number of carbonyl (C=O) groups excluding carboxylic acids is 1. The zero-order valence-electron chi connectivity index (χ0n) is 10.6. The van der Waals surface area contributed by atoms with Crippen LogP contribution in [0.2, 0.25) is 0 Å². The Morgan fingerprint density at radius 3 is 2.80 bits per heavy atom. The number of halogens is 3. The zero-order chi connectivity index (χ0) is 15.2. The van der Waals surface area contributed by atoms with Crippen LogP contribution in [0, 0.1) is 11.3 Å². The predicted molar refractivity (Wildman–Crippen MR) is 62.9 cm³/mol. The Morgan fingerprint density at radius 2 is 2.25 bits per heavy atom. The highest BCUT2D eigenvalue weighted by Gasteiger charge is 2.28. The monoisotopic (exact) mass is 287 g/mol. The van der Waals surface area contributed by atoms with Crippen LogP contribution in [-0.4, -0.2) is 29.7 Å². The van der Waals surface area contributed by atoms with Gasteiger partial charge in [-0.1, -0.05) is 13.0 Å². The number of carbonyl (C=O) groups is 1. The first-order valence-electron chi connectivity index (χ1n) is 5.72. The standard InChI is InChI=1S/C12H12F3N3O2/c1-2-8(6-16)17-11(19)9-4-3-5-10(18-9)20-7-12(13,14)15/h3-5,8H,2,7H2,1H3,(H,17,19)/t8-/m0/s1. The van der Waals surface area contributed by atoms with E-state index in [2.05, 4.69) is 15.0 Å². The van der Waals surface area contributed by atoms with Crippen LogP contribution >= 0.6 is 0 Å². The van der Waals surface area contributed by atoms with Gasteiger partial charge in [0.15, 0.2) is 6.61 Å². The zero-order valence-corrected chi connectivity index (χ0v) is 10.6. The number of nitrogens with zero attached hydrogens (tertiary/aromatic N) is 2. The minimum atomic E-state index is -4.48. The van der Waals surface area contributed by atoms with Gasteiger partial charge in [0, 0.05) is 6.07 Å². The minimum absolute atomic E-state index is 0.113. The van der Waals surface area contributed by atoms with Crippen LogP contribution in [0.25, 0.3) is 0 Å². The Morgan fingerprint density at radius 1 is 1.55 bits per heavy atom. The molecule has 1 amide bonds. The molecule has 0 aliphatic heterocycles. The van der Waals surface area contributed by atoms with E-state index in [1.807, 2.05) is 6.07 Å². The van der Waals surface area contributed by atoms with E-state index in [4.69, 9.17) is 5.26 Å². The molecular formula is C12H12F3N3O2. The van der Waals surface area contributed by atoms with E-state index in [-0.39, 0.29) is 11.6 Å². The average molecular weight is 287 g/mol. The largest absolute Gasteiger partial charge is 0.468 e. The molecule has 1 aromatic heterocycles. The van der Waals surface area contributed by atoms with Crippen LogP contribution in [0.15, 0.2) is 18.2 Å². The summed E-state index contributed by atoms with van der Waals surface area (Å²) in [6.07, 6.45) is -4.07. The first kappa shape index (κ1) is 15.8. The molecule has 0 aliphatic carbocycles. The molecule has 0 aromatic carbocycles. The van der Waals surface area contributed by atoms with E-state index in [9.17, 15) is 18.0 Å². The normalized spacial score (nSPS) is 12.3. The Labute approximate surface area is 113 Å². The van der Waals surface area contributed by atoms with Crippen molar-refractivity contribution >= 4 is 5.91 Å². The molecule has 1 N–H and O–H groups in total. The summed E-state index contributed by atoms with van der Waals surface area (Å²) in [6.45, 7) is 0.227. The Hall–Kier alpha value is -2.30. The fourth-order valence-corrected chi connectivity index (χ4v) is 1.24. The molecule has 0 unspecified atom stereocenters. The number of alkyl halides is 3. The van der Waals surface area contributed by atoms with Gasteiger partial charge >= 0.3 is 6.18 Å². The van der Waals surface area contributed by atoms with Crippen molar-refractivity contribution in [1.29, 1.82) is 5.26 Å². The summed E-state index contributed by atoms with van der Waals surface area (Å²) in [6, 6.07) is 5.08. The second-order valence-electron chi connectivity index (χ2n) is 3.83. The number of ether oxygens (including phenoxy) is 1. The van der Waals surface area contributed by atoms with Gasteiger partial charge in [0.1, 0.15) is 11.7 Å². The number of hydrogen-bond acceptors (Lipinski definition) is 4. The molecule has 1 atom stereocenters.